The molecule has 1 nitrogen and oxygen atoms in total. The molecule has 116 valence electrons. The zero-order valence-corrected chi connectivity index (χ0v) is 15.1. The van der Waals surface area contributed by atoms with Gasteiger partial charge in [-0.25, -0.2) is 0 Å². The third kappa shape index (κ3) is 3.97. The van der Waals surface area contributed by atoms with Gasteiger partial charge in [0.05, 0.1) is 27.7 Å². The maximum absolute atomic E-state index is 2.50. The van der Waals surface area contributed by atoms with E-state index in [1.807, 2.05) is 0 Å². The van der Waals surface area contributed by atoms with Crippen molar-refractivity contribution in [2.24, 2.45) is 11.3 Å². The van der Waals surface area contributed by atoms with Gasteiger partial charge in [0, 0.05) is 5.41 Å². The number of allylic oxidation sites excluding steroid dienone is 3. The van der Waals surface area contributed by atoms with Crippen LogP contribution < -0.4 is 0 Å². The van der Waals surface area contributed by atoms with Crippen molar-refractivity contribution < 1.29 is 4.48 Å². The van der Waals surface area contributed by atoms with Crippen LogP contribution in [0.5, 0.6) is 0 Å². The second-order valence-electron chi connectivity index (χ2n) is 8.11. The van der Waals surface area contributed by atoms with Crippen LogP contribution in [0.25, 0.3) is 0 Å². The van der Waals surface area contributed by atoms with Gasteiger partial charge < -0.3 is 4.48 Å². The zero-order valence-electron chi connectivity index (χ0n) is 15.1. The number of nitrogens with zero attached hydrogens (tertiary/aromatic N) is 1. The molecule has 0 fully saturated rings. The number of hydrogen-bond acceptors (Lipinski definition) is 0. The fourth-order valence-corrected chi connectivity index (χ4v) is 4.12. The molecule has 0 bridgehead atoms. The molecule has 1 aliphatic carbocycles. The van der Waals surface area contributed by atoms with E-state index < -0.39 is 0 Å². The summed E-state index contributed by atoms with van der Waals surface area (Å²) in [6, 6.07) is 0. The van der Waals surface area contributed by atoms with Crippen LogP contribution in [0.1, 0.15) is 60.3 Å². The minimum Gasteiger partial charge on any atom is -0.330 e. The van der Waals surface area contributed by atoms with E-state index in [-0.39, 0.29) is 0 Å². The first-order valence-corrected chi connectivity index (χ1v) is 8.28. The van der Waals surface area contributed by atoms with Gasteiger partial charge in [-0.2, -0.15) is 0 Å². The Bertz CT molecular complexity index is 394. The Hall–Kier alpha value is -0.560. The molecule has 0 unspecified atom stereocenters. The first-order chi connectivity index (χ1) is 9.12. The van der Waals surface area contributed by atoms with Crippen molar-refractivity contribution in [1.82, 2.24) is 0 Å². The van der Waals surface area contributed by atoms with Crippen LogP contribution in [0, 0.1) is 11.3 Å². The van der Waals surface area contributed by atoms with E-state index in [4.69, 9.17) is 0 Å². The summed E-state index contributed by atoms with van der Waals surface area (Å²) in [7, 11) is 6.97. The van der Waals surface area contributed by atoms with E-state index >= 15 is 0 Å². The molecule has 2 atom stereocenters. The highest BCUT2D eigenvalue weighted by Gasteiger charge is 2.43. The monoisotopic (exact) mass is 278 g/mol. The first kappa shape index (κ1) is 17.5. The van der Waals surface area contributed by atoms with Crippen molar-refractivity contribution in [3.05, 3.63) is 22.8 Å². The van der Waals surface area contributed by atoms with Crippen LogP contribution in [0.15, 0.2) is 22.8 Å². The highest BCUT2D eigenvalue weighted by molar-refractivity contribution is 5.37. The Labute approximate surface area is 127 Å². The molecular formula is C19H36N+. The average Bonchev–Trinajstić information content (AvgIpc) is 2.29. The Morgan fingerprint density at radius 3 is 2.20 bits per heavy atom. The molecule has 0 aromatic heterocycles. The molecule has 0 N–H and O–H groups in total. The topological polar surface area (TPSA) is 0 Å². The minimum atomic E-state index is 0.314. The Balaban J connectivity index is 3.07. The van der Waals surface area contributed by atoms with Gasteiger partial charge in [-0.1, -0.05) is 49.0 Å². The van der Waals surface area contributed by atoms with Crippen molar-refractivity contribution >= 4 is 0 Å². The van der Waals surface area contributed by atoms with Crippen LogP contribution in [-0.2, 0) is 0 Å². The number of unbranched alkanes of at least 4 members (excludes halogenated alkanes) is 2. The van der Waals surface area contributed by atoms with Crippen LogP contribution in [0.3, 0.4) is 0 Å². The van der Waals surface area contributed by atoms with E-state index in [9.17, 15) is 0 Å². The van der Waals surface area contributed by atoms with Crippen molar-refractivity contribution in [3.63, 3.8) is 0 Å². The van der Waals surface area contributed by atoms with Crippen LogP contribution in [0.4, 0.5) is 0 Å². The molecule has 0 saturated heterocycles. The maximum Gasteiger partial charge on any atom is 0.0878 e. The van der Waals surface area contributed by atoms with Crippen molar-refractivity contribution in [1.29, 1.82) is 0 Å². The van der Waals surface area contributed by atoms with Crippen molar-refractivity contribution in [3.8, 4) is 0 Å². The molecule has 1 aliphatic rings. The van der Waals surface area contributed by atoms with Gasteiger partial charge in [0.2, 0.25) is 0 Å². The average molecular weight is 279 g/mol. The Morgan fingerprint density at radius 2 is 1.70 bits per heavy atom. The quantitative estimate of drug-likeness (QED) is 0.463. The molecular weight excluding hydrogens is 242 g/mol. The van der Waals surface area contributed by atoms with Crippen molar-refractivity contribution in [2.75, 3.05) is 27.7 Å². The van der Waals surface area contributed by atoms with Gasteiger partial charge in [-0.15, -0.1) is 0 Å². The molecule has 0 aliphatic heterocycles. The summed E-state index contributed by atoms with van der Waals surface area (Å²) in [5.74, 6) is 0.718. The lowest BCUT2D eigenvalue weighted by Crippen LogP contribution is -2.49. The second kappa shape index (κ2) is 6.47. The number of quaternary nitrogens is 1. The predicted octanol–water partition coefficient (Wildman–Crippen LogP) is 5.19. The standard InChI is InChI=1S/C19H36N/c1-9-10-11-12-18-16(3)13-15(2)17(4)19(18,5)14-20(6,7)8/h13,18H,9-12,14H2,1-8H3/q+1/t18-,19-/m1/s1. The summed E-state index contributed by atoms with van der Waals surface area (Å²) in [4.78, 5) is 0. The van der Waals surface area contributed by atoms with Crippen LogP contribution >= 0.6 is 0 Å². The van der Waals surface area contributed by atoms with E-state index in [0.29, 0.717) is 5.41 Å². The summed E-state index contributed by atoms with van der Waals surface area (Å²) in [6.45, 7) is 13.0. The van der Waals surface area contributed by atoms with Crippen LogP contribution in [-0.4, -0.2) is 32.2 Å². The highest BCUT2D eigenvalue weighted by Crippen LogP contribution is 2.47. The third-order valence-electron chi connectivity index (χ3n) is 5.11. The molecule has 0 radical (unpaired) electrons. The molecule has 0 aromatic carbocycles. The molecule has 0 saturated carbocycles. The SMILES string of the molecule is CCCCC[C@@H]1C(C)=CC(C)=C(C)[C@@]1(C)C[N+](C)(C)C. The van der Waals surface area contributed by atoms with E-state index in [1.165, 1.54) is 37.8 Å². The summed E-state index contributed by atoms with van der Waals surface area (Å²) >= 11 is 0. The van der Waals surface area contributed by atoms with Crippen molar-refractivity contribution in [2.45, 2.75) is 60.3 Å². The third-order valence-corrected chi connectivity index (χ3v) is 5.11. The Morgan fingerprint density at radius 1 is 1.10 bits per heavy atom. The summed E-state index contributed by atoms with van der Waals surface area (Å²) in [5.41, 5.74) is 5.01. The van der Waals surface area contributed by atoms with E-state index in [0.717, 1.165) is 10.4 Å². The number of rotatable bonds is 6. The van der Waals surface area contributed by atoms with Crippen LogP contribution in [0.2, 0.25) is 0 Å². The molecule has 0 amide bonds. The van der Waals surface area contributed by atoms with Gasteiger partial charge in [-0.05, 0) is 40.0 Å². The van der Waals surface area contributed by atoms with Gasteiger partial charge >= 0.3 is 0 Å². The molecule has 0 spiro atoms. The second-order valence-corrected chi connectivity index (χ2v) is 8.11. The highest BCUT2D eigenvalue weighted by atomic mass is 15.3. The summed E-state index contributed by atoms with van der Waals surface area (Å²) < 4.78 is 1.04. The lowest BCUT2D eigenvalue weighted by Gasteiger charge is -2.46. The molecule has 0 aromatic rings. The van der Waals surface area contributed by atoms with Gasteiger partial charge in [0.1, 0.15) is 0 Å². The fraction of sp³-hybridized carbons (Fsp3) is 0.789. The smallest absolute Gasteiger partial charge is 0.0878 e. The van der Waals surface area contributed by atoms with E-state index in [1.54, 1.807) is 11.1 Å². The lowest BCUT2D eigenvalue weighted by atomic mass is 9.62. The van der Waals surface area contributed by atoms with Gasteiger partial charge in [0.25, 0.3) is 0 Å². The summed E-state index contributed by atoms with van der Waals surface area (Å²) in [5, 5.41) is 0. The molecule has 1 heteroatoms. The number of hydrogen-bond donors (Lipinski definition) is 0. The molecule has 20 heavy (non-hydrogen) atoms. The minimum absolute atomic E-state index is 0.314. The fourth-order valence-electron chi connectivity index (χ4n) is 4.12. The Kier molecular flexibility index (Phi) is 5.66. The van der Waals surface area contributed by atoms with Gasteiger partial charge in [0.15, 0.2) is 0 Å². The molecule has 1 rings (SSSR count). The first-order valence-electron chi connectivity index (χ1n) is 8.28. The summed E-state index contributed by atoms with van der Waals surface area (Å²) in [6.07, 6.45) is 7.83. The lowest BCUT2D eigenvalue weighted by molar-refractivity contribution is -0.876. The maximum atomic E-state index is 2.50. The van der Waals surface area contributed by atoms with Gasteiger partial charge in [-0.3, -0.25) is 0 Å². The zero-order chi connectivity index (χ0) is 15.6. The largest absolute Gasteiger partial charge is 0.330 e. The normalized spacial score (nSPS) is 27.8. The predicted molar refractivity (Wildman–Crippen MR) is 90.8 cm³/mol. The van der Waals surface area contributed by atoms with E-state index in [2.05, 4.69) is 61.8 Å². The molecule has 0 heterocycles.